The lowest BCUT2D eigenvalue weighted by molar-refractivity contribution is 0.235. The molecule has 0 bridgehead atoms. The van der Waals surface area contributed by atoms with Crippen LogP contribution in [0.25, 0.3) is 0 Å². The Morgan fingerprint density at radius 2 is 2.17 bits per heavy atom. The molecule has 0 aliphatic carbocycles. The van der Waals surface area contributed by atoms with Crippen LogP contribution in [0.3, 0.4) is 0 Å². The lowest BCUT2D eigenvalue weighted by atomic mass is 10.2. The summed E-state index contributed by atoms with van der Waals surface area (Å²) in [4.78, 5) is 0. The van der Waals surface area contributed by atoms with Crippen molar-refractivity contribution in [2.45, 2.75) is 19.1 Å². The quantitative estimate of drug-likeness (QED) is 0.602. The van der Waals surface area contributed by atoms with E-state index < -0.39 is 0 Å². The van der Waals surface area contributed by atoms with E-state index in [9.17, 15) is 0 Å². The Kier molecular flexibility index (Phi) is 3.28. The predicted octanol–water partition coefficient (Wildman–Crippen LogP) is 0.154. The topological polar surface area (TPSA) is 79.6 Å². The van der Waals surface area contributed by atoms with Crippen LogP contribution in [0.15, 0.2) is 16.5 Å². The summed E-state index contributed by atoms with van der Waals surface area (Å²) in [5.74, 6) is 1.10. The lowest BCUT2D eigenvalue weighted by Gasteiger charge is -2.04. The van der Waals surface area contributed by atoms with Crippen LogP contribution in [-0.2, 0) is 6.61 Å². The van der Waals surface area contributed by atoms with Gasteiger partial charge in [0.15, 0.2) is 0 Å². The molecule has 0 spiro atoms. The minimum absolute atomic E-state index is 0.0380. The molecule has 1 heterocycles. The molecule has 1 atom stereocenters. The number of nitrogens with two attached hydrogens (primary N) is 1. The second kappa shape index (κ2) is 4.25. The van der Waals surface area contributed by atoms with E-state index >= 15 is 0 Å². The number of hydrogen-bond acceptors (Lipinski definition) is 4. The van der Waals surface area contributed by atoms with Gasteiger partial charge in [0, 0.05) is 6.61 Å². The fourth-order valence-electron chi connectivity index (χ4n) is 0.960. The summed E-state index contributed by atoms with van der Waals surface area (Å²) in [6.07, 6.45) is 0.471. The Labute approximate surface area is 70.6 Å². The summed E-state index contributed by atoms with van der Waals surface area (Å²) < 4.78 is 5.16. The lowest BCUT2D eigenvalue weighted by Crippen LogP contribution is -2.10. The average Bonchev–Trinajstić information content (AvgIpc) is 2.52. The molecule has 0 aliphatic heterocycles. The Balaban J connectivity index is 2.61. The van der Waals surface area contributed by atoms with Gasteiger partial charge in [-0.1, -0.05) is 0 Å². The highest BCUT2D eigenvalue weighted by atomic mass is 16.4. The second-order valence-electron chi connectivity index (χ2n) is 2.58. The van der Waals surface area contributed by atoms with Crippen molar-refractivity contribution in [1.82, 2.24) is 0 Å². The monoisotopic (exact) mass is 171 g/mol. The van der Waals surface area contributed by atoms with Crippen molar-refractivity contribution >= 4 is 0 Å². The van der Waals surface area contributed by atoms with Crippen molar-refractivity contribution in [3.8, 4) is 0 Å². The van der Waals surface area contributed by atoms with Crippen LogP contribution in [-0.4, -0.2) is 16.8 Å². The normalized spacial score (nSPS) is 13.2. The van der Waals surface area contributed by atoms with Gasteiger partial charge in [0.2, 0.25) is 0 Å². The van der Waals surface area contributed by atoms with Crippen LogP contribution in [0.5, 0.6) is 0 Å². The third-order valence-electron chi connectivity index (χ3n) is 1.64. The van der Waals surface area contributed by atoms with Crippen LogP contribution >= 0.6 is 0 Å². The summed E-state index contributed by atoms with van der Waals surface area (Å²) in [5, 5.41) is 17.3. The van der Waals surface area contributed by atoms with Gasteiger partial charge in [0.1, 0.15) is 18.1 Å². The summed E-state index contributed by atoms with van der Waals surface area (Å²) in [6, 6.07) is 3.11. The van der Waals surface area contributed by atoms with E-state index in [4.69, 9.17) is 20.4 Å². The maximum atomic E-state index is 8.68. The zero-order valence-electron chi connectivity index (χ0n) is 6.73. The fourth-order valence-corrected chi connectivity index (χ4v) is 0.960. The summed E-state index contributed by atoms with van der Waals surface area (Å²) in [5.41, 5.74) is 5.64. The van der Waals surface area contributed by atoms with Crippen molar-refractivity contribution in [3.63, 3.8) is 0 Å². The van der Waals surface area contributed by atoms with Gasteiger partial charge in [-0.3, -0.25) is 0 Å². The highest BCUT2D eigenvalue weighted by molar-refractivity contribution is 5.09. The SMILES string of the molecule is NC(CCO)c1ccc(CO)o1. The van der Waals surface area contributed by atoms with Crippen molar-refractivity contribution in [2.24, 2.45) is 5.73 Å². The number of hydrogen-bond donors (Lipinski definition) is 3. The number of rotatable bonds is 4. The van der Waals surface area contributed by atoms with Crippen molar-refractivity contribution in [1.29, 1.82) is 0 Å². The first kappa shape index (κ1) is 9.25. The molecular weight excluding hydrogens is 158 g/mol. The molecule has 0 saturated carbocycles. The minimum atomic E-state index is -0.282. The fraction of sp³-hybridized carbons (Fsp3) is 0.500. The Hall–Kier alpha value is -0.840. The smallest absolute Gasteiger partial charge is 0.129 e. The van der Waals surface area contributed by atoms with Gasteiger partial charge in [-0.05, 0) is 18.6 Å². The molecule has 0 amide bonds. The second-order valence-corrected chi connectivity index (χ2v) is 2.58. The molecule has 0 radical (unpaired) electrons. The Morgan fingerprint density at radius 1 is 1.42 bits per heavy atom. The van der Waals surface area contributed by atoms with Crippen molar-refractivity contribution in [2.75, 3.05) is 6.61 Å². The van der Waals surface area contributed by atoms with Crippen LogP contribution in [0.2, 0.25) is 0 Å². The predicted molar refractivity (Wildman–Crippen MR) is 43.3 cm³/mol. The van der Waals surface area contributed by atoms with E-state index in [1.165, 1.54) is 0 Å². The van der Waals surface area contributed by atoms with Crippen LogP contribution < -0.4 is 5.73 Å². The van der Waals surface area contributed by atoms with E-state index in [1.54, 1.807) is 12.1 Å². The maximum absolute atomic E-state index is 8.68. The number of aliphatic hydroxyl groups excluding tert-OH is 2. The molecule has 0 fully saturated rings. The Bertz CT molecular complexity index is 234. The first-order chi connectivity index (χ1) is 5.77. The maximum Gasteiger partial charge on any atom is 0.129 e. The molecule has 1 unspecified atom stereocenters. The molecule has 12 heavy (non-hydrogen) atoms. The van der Waals surface area contributed by atoms with E-state index in [1.807, 2.05) is 0 Å². The molecule has 0 aliphatic rings. The van der Waals surface area contributed by atoms with E-state index in [-0.39, 0.29) is 19.3 Å². The van der Waals surface area contributed by atoms with Crippen molar-refractivity contribution in [3.05, 3.63) is 23.7 Å². The summed E-state index contributed by atoms with van der Waals surface area (Å²) >= 11 is 0. The van der Waals surface area contributed by atoms with E-state index in [0.29, 0.717) is 17.9 Å². The van der Waals surface area contributed by atoms with Gasteiger partial charge in [-0.25, -0.2) is 0 Å². The first-order valence-electron chi connectivity index (χ1n) is 3.84. The molecule has 4 heteroatoms. The number of furan rings is 1. The van der Waals surface area contributed by atoms with Gasteiger partial charge in [0.25, 0.3) is 0 Å². The molecular formula is C8H13NO3. The molecule has 1 aromatic rings. The largest absolute Gasteiger partial charge is 0.462 e. The summed E-state index contributed by atoms with van der Waals surface area (Å²) in [7, 11) is 0. The van der Waals surface area contributed by atoms with Gasteiger partial charge in [0.05, 0.1) is 6.04 Å². The molecule has 1 rings (SSSR count). The van der Waals surface area contributed by atoms with Gasteiger partial charge in [-0.15, -0.1) is 0 Å². The third-order valence-corrected chi connectivity index (χ3v) is 1.64. The van der Waals surface area contributed by atoms with E-state index in [0.717, 1.165) is 0 Å². The highest BCUT2D eigenvalue weighted by Crippen LogP contribution is 2.16. The van der Waals surface area contributed by atoms with Gasteiger partial charge in [-0.2, -0.15) is 0 Å². The minimum Gasteiger partial charge on any atom is -0.462 e. The van der Waals surface area contributed by atoms with Gasteiger partial charge >= 0.3 is 0 Å². The average molecular weight is 171 g/mol. The molecule has 0 saturated heterocycles. The van der Waals surface area contributed by atoms with Crippen molar-refractivity contribution < 1.29 is 14.6 Å². The van der Waals surface area contributed by atoms with Crippen LogP contribution in [0.4, 0.5) is 0 Å². The number of aliphatic hydroxyl groups is 2. The zero-order chi connectivity index (χ0) is 8.97. The van der Waals surface area contributed by atoms with Gasteiger partial charge < -0.3 is 20.4 Å². The standard InChI is InChI=1S/C8H13NO3/c9-7(3-4-10)8-2-1-6(5-11)12-8/h1-2,7,10-11H,3-5,9H2. The molecule has 4 nitrogen and oxygen atoms in total. The Morgan fingerprint density at radius 3 is 2.67 bits per heavy atom. The van der Waals surface area contributed by atoms with E-state index in [2.05, 4.69) is 0 Å². The molecule has 1 aromatic heterocycles. The third kappa shape index (κ3) is 2.07. The summed E-state index contributed by atoms with van der Waals surface area (Å²) in [6.45, 7) is -0.0812. The molecule has 0 aromatic carbocycles. The first-order valence-corrected chi connectivity index (χ1v) is 3.84. The molecule has 4 N–H and O–H groups in total. The van der Waals surface area contributed by atoms with Crippen LogP contribution in [0.1, 0.15) is 24.0 Å². The molecule has 68 valence electrons. The highest BCUT2D eigenvalue weighted by Gasteiger charge is 2.09. The van der Waals surface area contributed by atoms with Crippen LogP contribution in [0, 0.1) is 0 Å². The zero-order valence-corrected chi connectivity index (χ0v) is 6.73.